The molecule has 3 aliphatic rings. The Kier molecular flexibility index (Phi) is 1.45. The van der Waals surface area contributed by atoms with Crippen LogP contribution in [0, 0.1) is 17.2 Å². The molecule has 1 saturated heterocycles. The third-order valence-electron chi connectivity index (χ3n) is 3.45. The van der Waals surface area contributed by atoms with Crippen LogP contribution in [-0.4, -0.2) is 24.1 Å². The Bertz CT molecular complexity index is 352. The molecular weight excluding hydrogens is 184 g/mol. The van der Waals surface area contributed by atoms with Gasteiger partial charge in [-0.25, -0.2) is 0 Å². The maximum absolute atomic E-state index is 9.77. The fourth-order valence-corrected chi connectivity index (χ4v) is 2.87. The van der Waals surface area contributed by atoms with E-state index in [1.165, 1.54) is 0 Å². The van der Waals surface area contributed by atoms with Gasteiger partial charge in [-0.3, -0.25) is 0 Å². The van der Waals surface area contributed by atoms with Crippen LogP contribution in [0.4, 0.5) is 0 Å². The Balaban J connectivity index is 2.00. The van der Waals surface area contributed by atoms with E-state index in [1.54, 1.807) is 0 Å². The first kappa shape index (κ1) is 8.21. The van der Waals surface area contributed by atoms with Gasteiger partial charge in [0.25, 0.3) is 0 Å². The van der Waals surface area contributed by atoms with E-state index in [0.29, 0.717) is 25.3 Å². The number of diazo groups is 1. The SMILES string of the molecule is N#[N+]C1=C(O)[C@H]2C[C@@H]1CC21OCCO1. The Morgan fingerprint density at radius 3 is 2.71 bits per heavy atom. The van der Waals surface area contributed by atoms with Gasteiger partial charge >= 0.3 is 5.70 Å². The molecule has 0 aromatic carbocycles. The molecule has 2 atom stereocenters. The zero-order valence-corrected chi connectivity index (χ0v) is 7.64. The fraction of sp³-hybridized carbons (Fsp3) is 0.778. The lowest BCUT2D eigenvalue weighted by Gasteiger charge is -2.28. The fourth-order valence-electron chi connectivity index (χ4n) is 2.87. The lowest BCUT2D eigenvalue weighted by Crippen LogP contribution is -2.37. The van der Waals surface area contributed by atoms with Crippen LogP contribution in [0.15, 0.2) is 11.5 Å². The van der Waals surface area contributed by atoms with E-state index in [2.05, 4.69) is 4.98 Å². The van der Waals surface area contributed by atoms with Crippen molar-refractivity contribution < 1.29 is 14.6 Å². The molecule has 1 N–H and O–H groups in total. The van der Waals surface area contributed by atoms with Crippen LogP contribution < -0.4 is 0 Å². The summed E-state index contributed by atoms with van der Waals surface area (Å²) in [6.45, 7) is 1.17. The van der Waals surface area contributed by atoms with Crippen LogP contribution in [0.1, 0.15) is 12.8 Å². The number of rotatable bonds is 0. The van der Waals surface area contributed by atoms with Gasteiger partial charge in [0, 0.05) is 6.42 Å². The number of aliphatic hydroxyl groups is 1. The molecule has 2 fully saturated rings. The number of allylic oxidation sites excluding steroid dienone is 1. The monoisotopic (exact) mass is 195 g/mol. The summed E-state index contributed by atoms with van der Waals surface area (Å²) in [5.41, 5.74) is 0.416. The van der Waals surface area contributed by atoms with E-state index in [9.17, 15) is 5.11 Å². The molecule has 2 bridgehead atoms. The van der Waals surface area contributed by atoms with Gasteiger partial charge in [0.1, 0.15) is 0 Å². The van der Waals surface area contributed by atoms with E-state index in [4.69, 9.17) is 14.9 Å². The molecule has 1 heterocycles. The lowest BCUT2D eigenvalue weighted by molar-refractivity contribution is -0.182. The molecule has 3 rings (SSSR count). The van der Waals surface area contributed by atoms with Crippen molar-refractivity contribution in [3.63, 3.8) is 0 Å². The minimum absolute atomic E-state index is 0.0862. The van der Waals surface area contributed by atoms with Gasteiger partial charge in [-0.15, -0.1) is 0 Å². The van der Waals surface area contributed by atoms with Crippen LogP contribution in [0.25, 0.3) is 4.98 Å². The largest absolute Gasteiger partial charge is 0.505 e. The second-order valence-corrected chi connectivity index (χ2v) is 4.07. The van der Waals surface area contributed by atoms with Crippen LogP contribution in [-0.2, 0) is 9.47 Å². The quantitative estimate of drug-likeness (QED) is 0.593. The van der Waals surface area contributed by atoms with Gasteiger partial charge in [-0.05, 0) is 6.42 Å². The highest BCUT2D eigenvalue weighted by molar-refractivity contribution is 5.32. The van der Waals surface area contributed by atoms with Crippen LogP contribution in [0.5, 0.6) is 0 Å². The summed E-state index contributed by atoms with van der Waals surface area (Å²) >= 11 is 0. The molecule has 0 aromatic rings. The maximum Gasteiger partial charge on any atom is 0.402 e. The molecule has 0 radical (unpaired) electrons. The molecule has 1 aliphatic heterocycles. The summed E-state index contributed by atoms with van der Waals surface area (Å²) in [7, 11) is 0. The molecule has 0 aromatic heterocycles. The number of fused-ring (bicyclic) bond motifs is 3. The molecule has 1 spiro atoms. The first-order valence-corrected chi connectivity index (χ1v) is 4.83. The van der Waals surface area contributed by atoms with Crippen molar-refractivity contribution in [2.45, 2.75) is 18.6 Å². The molecule has 1 saturated carbocycles. The highest BCUT2D eigenvalue weighted by Gasteiger charge is 2.64. The van der Waals surface area contributed by atoms with Crippen LogP contribution in [0.2, 0.25) is 0 Å². The first-order chi connectivity index (χ1) is 6.77. The molecule has 0 unspecified atom stereocenters. The summed E-state index contributed by atoms with van der Waals surface area (Å²) in [5, 5.41) is 18.5. The third-order valence-corrected chi connectivity index (χ3v) is 3.45. The lowest BCUT2D eigenvalue weighted by atomic mass is 9.96. The second kappa shape index (κ2) is 2.47. The third kappa shape index (κ3) is 0.781. The standard InChI is InChI=1S/C9H10N2O3/c10-11-7-5-3-6(8(7)12)9(4-5)13-1-2-14-9/h5-6H,1-4H2/p+1/t5-,6-/m1/s1. The molecule has 2 aliphatic carbocycles. The van der Waals surface area contributed by atoms with Crippen molar-refractivity contribution in [3.05, 3.63) is 16.4 Å². The van der Waals surface area contributed by atoms with E-state index >= 15 is 0 Å². The number of nitrogens with zero attached hydrogens (tertiary/aromatic N) is 2. The molecule has 14 heavy (non-hydrogen) atoms. The predicted molar refractivity (Wildman–Crippen MR) is 45.6 cm³/mol. The van der Waals surface area contributed by atoms with Gasteiger partial charge < -0.3 is 14.6 Å². The average Bonchev–Trinajstić information content (AvgIpc) is 2.82. The highest BCUT2D eigenvalue weighted by atomic mass is 16.7. The Labute approximate surface area is 80.9 Å². The summed E-state index contributed by atoms with van der Waals surface area (Å²) in [4.78, 5) is 3.12. The van der Waals surface area contributed by atoms with Crippen molar-refractivity contribution in [1.29, 1.82) is 5.39 Å². The molecule has 0 amide bonds. The summed E-state index contributed by atoms with van der Waals surface area (Å²) in [6.07, 6.45) is 1.46. The van der Waals surface area contributed by atoms with Crippen molar-refractivity contribution in [2.75, 3.05) is 13.2 Å². The molecule has 5 nitrogen and oxygen atoms in total. The average molecular weight is 195 g/mol. The Morgan fingerprint density at radius 1 is 1.43 bits per heavy atom. The van der Waals surface area contributed by atoms with Crippen LogP contribution >= 0.6 is 0 Å². The molecule has 74 valence electrons. The minimum atomic E-state index is -0.622. The predicted octanol–water partition coefficient (Wildman–Crippen LogP) is 1.39. The van der Waals surface area contributed by atoms with Crippen LogP contribution in [0.3, 0.4) is 0 Å². The number of aliphatic hydroxyl groups excluding tert-OH is 1. The molecular formula is C9H11N2O3+. The summed E-state index contributed by atoms with van der Waals surface area (Å²) in [5.74, 6) is -0.530. The van der Waals surface area contributed by atoms with Gasteiger partial charge in [-0.2, -0.15) is 0 Å². The van der Waals surface area contributed by atoms with E-state index in [1.807, 2.05) is 0 Å². The van der Waals surface area contributed by atoms with Crippen molar-refractivity contribution in [1.82, 2.24) is 0 Å². The first-order valence-electron chi connectivity index (χ1n) is 4.83. The second-order valence-electron chi connectivity index (χ2n) is 4.07. The highest BCUT2D eigenvalue weighted by Crippen LogP contribution is 2.56. The van der Waals surface area contributed by atoms with Crippen molar-refractivity contribution >= 4 is 0 Å². The zero-order chi connectivity index (χ0) is 9.76. The molecule has 5 heteroatoms. The van der Waals surface area contributed by atoms with Crippen molar-refractivity contribution in [3.8, 4) is 0 Å². The smallest absolute Gasteiger partial charge is 0.402 e. The normalized spacial score (nSPS) is 38.2. The van der Waals surface area contributed by atoms with E-state index in [-0.39, 0.29) is 17.6 Å². The number of ether oxygens (including phenoxy) is 2. The maximum atomic E-state index is 9.77. The van der Waals surface area contributed by atoms with Gasteiger partial charge in [0.05, 0.1) is 25.0 Å². The zero-order valence-electron chi connectivity index (χ0n) is 7.64. The Morgan fingerprint density at radius 2 is 2.14 bits per heavy atom. The topological polar surface area (TPSA) is 66.8 Å². The van der Waals surface area contributed by atoms with Gasteiger partial charge in [0.15, 0.2) is 16.5 Å². The number of hydrogen-bond donors (Lipinski definition) is 1. The number of hydrogen-bond acceptors (Lipinski definition) is 4. The summed E-state index contributed by atoms with van der Waals surface area (Å²) in [6, 6.07) is 0. The summed E-state index contributed by atoms with van der Waals surface area (Å²) < 4.78 is 11.1. The van der Waals surface area contributed by atoms with E-state index in [0.717, 1.165) is 6.42 Å². The van der Waals surface area contributed by atoms with Crippen molar-refractivity contribution in [2.24, 2.45) is 11.8 Å². The minimum Gasteiger partial charge on any atom is -0.505 e. The van der Waals surface area contributed by atoms with E-state index < -0.39 is 5.79 Å². The van der Waals surface area contributed by atoms with Gasteiger partial charge in [-0.1, -0.05) is 0 Å². The Hall–Kier alpha value is -1.12. The van der Waals surface area contributed by atoms with Gasteiger partial charge in [0.2, 0.25) is 5.39 Å².